The van der Waals surface area contributed by atoms with Crippen molar-refractivity contribution in [3.63, 3.8) is 0 Å². The molecule has 1 atom stereocenters. The van der Waals surface area contributed by atoms with E-state index < -0.39 is 12.0 Å². The fraction of sp³-hybridized carbons (Fsp3) is 0.429. The van der Waals surface area contributed by atoms with E-state index in [2.05, 4.69) is 4.98 Å². The highest BCUT2D eigenvalue weighted by molar-refractivity contribution is 5.73. The number of carboxylic acids is 1. The lowest BCUT2D eigenvalue weighted by Crippen LogP contribution is -2.33. The zero-order valence-corrected chi connectivity index (χ0v) is 7.27. The molecule has 1 aromatic heterocycles. The standard InChI is InChI=1S/C7H12N4O2/c1-11-3-10-6(9)5(11)2-4(8)7(12)13/h3-4H,2,8-9H2,1H3,(H,12,13)/t4-/m0/s1. The van der Waals surface area contributed by atoms with Crippen LogP contribution in [0.2, 0.25) is 0 Å². The third-order valence-electron chi connectivity index (χ3n) is 1.82. The molecule has 0 aliphatic heterocycles. The second kappa shape index (κ2) is 3.44. The molecule has 0 bridgehead atoms. The van der Waals surface area contributed by atoms with Crippen LogP contribution in [0.15, 0.2) is 6.33 Å². The molecule has 72 valence electrons. The molecule has 0 fully saturated rings. The van der Waals surface area contributed by atoms with Crippen LogP contribution in [-0.2, 0) is 18.3 Å². The summed E-state index contributed by atoms with van der Waals surface area (Å²) in [5.41, 5.74) is 11.5. The van der Waals surface area contributed by atoms with Crippen molar-refractivity contribution in [3.8, 4) is 0 Å². The van der Waals surface area contributed by atoms with Crippen LogP contribution in [0.1, 0.15) is 5.69 Å². The molecule has 0 radical (unpaired) electrons. The highest BCUT2D eigenvalue weighted by Gasteiger charge is 2.16. The summed E-state index contributed by atoms with van der Waals surface area (Å²) in [6.45, 7) is 0. The molecule has 0 aliphatic carbocycles. The van der Waals surface area contributed by atoms with Gasteiger partial charge in [-0.05, 0) is 0 Å². The summed E-state index contributed by atoms with van der Waals surface area (Å²) in [6, 6.07) is -0.933. The largest absolute Gasteiger partial charge is 0.480 e. The summed E-state index contributed by atoms with van der Waals surface area (Å²) >= 11 is 0. The van der Waals surface area contributed by atoms with Crippen LogP contribution in [0.4, 0.5) is 5.82 Å². The van der Waals surface area contributed by atoms with Gasteiger partial charge in [0, 0.05) is 13.5 Å². The second-order valence-electron chi connectivity index (χ2n) is 2.84. The Morgan fingerprint density at radius 2 is 2.46 bits per heavy atom. The Bertz CT molecular complexity index is 301. The number of carbonyl (C=O) groups is 1. The number of imidazole rings is 1. The molecule has 0 saturated heterocycles. The van der Waals surface area contributed by atoms with E-state index in [1.165, 1.54) is 6.33 Å². The lowest BCUT2D eigenvalue weighted by molar-refractivity contribution is -0.138. The molecule has 0 unspecified atom stereocenters. The number of hydrogen-bond acceptors (Lipinski definition) is 4. The Kier molecular flexibility index (Phi) is 2.52. The Morgan fingerprint density at radius 1 is 1.85 bits per heavy atom. The number of nitrogen functional groups attached to an aromatic ring is 1. The second-order valence-corrected chi connectivity index (χ2v) is 2.84. The molecule has 0 saturated carbocycles. The summed E-state index contributed by atoms with van der Waals surface area (Å²) in [7, 11) is 1.74. The minimum atomic E-state index is -1.04. The van der Waals surface area contributed by atoms with Crippen LogP contribution in [-0.4, -0.2) is 26.7 Å². The normalized spacial score (nSPS) is 12.8. The number of carboxylic acid groups (broad SMARTS) is 1. The Labute approximate surface area is 75.2 Å². The molecule has 6 nitrogen and oxygen atoms in total. The minimum absolute atomic E-state index is 0.192. The van der Waals surface area contributed by atoms with Crippen molar-refractivity contribution >= 4 is 11.8 Å². The average molecular weight is 184 g/mol. The van der Waals surface area contributed by atoms with Crippen molar-refractivity contribution in [1.82, 2.24) is 9.55 Å². The summed E-state index contributed by atoms with van der Waals surface area (Å²) in [5.74, 6) is -0.709. The Morgan fingerprint density at radius 3 is 2.85 bits per heavy atom. The van der Waals surface area contributed by atoms with Crippen LogP contribution in [0.5, 0.6) is 0 Å². The van der Waals surface area contributed by atoms with Gasteiger partial charge in [0.25, 0.3) is 0 Å². The lowest BCUT2D eigenvalue weighted by atomic mass is 10.1. The maximum absolute atomic E-state index is 10.5. The van der Waals surface area contributed by atoms with Crippen LogP contribution in [0.25, 0.3) is 0 Å². The molecule has 1 heterocycles. The SMILES string of the molecule is Cn1cnc(N)c1C[C@H](N)C(=O)O. The van der Waals surface area contributed by atoms with Crippen LogP contribution < -0.4 is 11.5 Å². The van der Waals surface area contributed by atoms with Gasteiger partial charge in [0.2, 0.25) is 0 Å². The summed E-state index contributed by atoms with van der Waals surface area (Å²) in [6.07, 6.45) is 1.72. The molecule has 0 spiro atoms. The number of anilines is 1. The van der Waals surface area contributed by atoms with Gasteiger partial charge in [0.05, 0.1) is 12.0 Å². The molecule has 5 N–H and O–H groups in total. The number of hydrogen-bond donors (Lipinski definition) is 3. The van der Waals surface area contributed by atoms with Crippen molar-refractivity contribution in [3.05, 3.63) is 12.0 Å². The molecule has 6 heteroatoms. The lowest BCUT2D eigenvalue weighted by Gasteiger charge is -2.07. The Balaban J connectivity index is 2.79. The molecule has 0 aliphatic rings. The number of nitrogens with zero attached hydrogens (tertiary/aromatic N) is 2. The van der Waals surface area contributed by atoms with Gasteiger partial charge >= 0.3 is 5.97 Å². The van der Waals surface area contributed by atoms with E-state index in [0.717, 1.165) is 0 Å². The zero-order valence-electron chi connectivity index (χ0n) is 7.27. The first-order valence-electron chi connectivity index (χ1n) is 3.76. The van der Waals surface area contributed by atoms with E-state index in [0.29, 0.717) is 11.5 Å². The molecular weight excluding hydrogens is 172 g/mol. The number of aromatic nitrogens is 2. The van der Waals surface area contributed by atoms with E-state index in [-0.39, 0.29) is 6.42 Å². The van der Waals surface area contributed by atoms with E-state index in [4.69, 9.17) is 16.6 Å². The summed E-state index contributed by atoms with van der Waals surface area (Å²) in [4.78, 5) is 14.3. The van der Waals surface area contributed by atoms with Crippen molar-refractivity contribution in [2.45, 2.75) is 12.5 Å². The predicted octanol–water partition coefficient (Wildman–Crippen LogP) is -1.04. The van der Waals surface area contributed by atoms with Gasteiger partial charge in [-0.25, -0.2) is 4.98 Å². The average Bonchev–Trinajstić information content (AvgIpc) is 2.35. The number of rotatable bonds is 3. The quantitative estimate of drug-likeness (QED) is 0.556. The summed E-state index contributed by atoms with van der Waals surface area (Å²) < 4.78 is 1.66. The van der Waals surface area contributed by atoms with Crippen LogP contribution in [0.3, 0.4) is 0 Å². The van der Waals surface area contributed by atoms with Crippen molar-refractivity contribution in [2.75, 3.05) is 5.73 Å². The predicted molar refractivity (Wildman–Crippen MR) is 46.9 cm³/mol. The van der Waals surface area contributed by atoms with Crippen LogP contribution in [0, 0.1) is 0 Å². The third-order valence-corrected chi connectivity index (χ3v) is 1.82. The van der Waals surface area contributed by atoms with E-state index in [9.17, 15) is 4.79 Å². The molecular formula is C7H12N4O2. The molecule has 13 heavy (non-hydrogen) atoms. The highest BCUT2D eigenvalue weighted by atomic mass is 16.4. The van der Waals surface area contributed by atoms with E-state index in [1.807, 2.05) is 0 Å². The smallest absolute Gasteiger partial charge is 0.320 e. The molecule has 0 amide bonds. The first-order chi connectivity index (χ1) is 6.02. The highest BCUT2D eigenvalue weighted by Crippen LogP contribution is 2.09. The maximum atomic E-state index is 10.5. The maximum Gasteiger partial charge on any atom is 0.320 e. The van der Waals surface area contributed by atoms with Crippen molar-refractivity contribution < 1.29 is 9.90 Å². The number of nitrogens with two attached hydrogens (primary N) is 2. The van der Waals surface area contributed by atoms with Gasteiger partial charge in [0.15, 0.2) is 0 Å². The molecule has 1 rings (SSSR count). The van der Waals surface area contributed by atoms with Gasteiger partial charge in [-0.2, -0.15) is 0 Å². The third kappa shape index (κ3) is 1.97. The fourth-order valence-electron chi connectivity index (χ4n) is 1.02. The van der Waals surface area contributed by atoms with Gasteiger partial charge in [-0.15, -0.1) is 0 Å². The molecule has 1 aromatic rings. The van der Waals surface area contributed by atoms with Crippen molar-refractivity contribution in [1.29, 1.82) is 0 Å². The number of aryl methyl sites for hydroxylation is 1. The first kappa shape index (κ1) is 9.53. The number of aliphatic carboxylic acids is 1. The molecule has 0 aromatic carbocycles. The fourth-order valence-corrected chi connectivity index (χ4v) is 1.02. The van der Waals surface area contributed by atoms with Gasteiger partial charge < -0.3 is 21.1 Å². The van der Waals surface area contributed by atoms with Gasteiger partial charge in [-0.1, -0.05) is 0 Å². The van der Waals surface area contributed by atoms with Crippen molar-refractivity contribution in [2.24, 2.45) is 12.8 Å². The van der Waals surface area contributed by atoms with Crippen LogP contribution >= 0.6 is 0 Å². The van der Waals surface area contributed by atoms with Gasteiger partial charge in [-0.3, -0.25) is 4.79 Å². The monoisotopic (exact) mass is 184 g/mol. The van der Waals surface area contributed by atoms with Gasteiger partial charge in [0.1, 0.15) is 11.9 Å². The summed E-state index contributed by atoms with van der Waals surface area (Å²) in [5, 5.41) is 8.57. The Hall–Kier alpha value is -1.56. The topological polar surface area (TPSA) is 107 Å². The minimum Gasteiger partial charge on any atom is -0.480 e. The van der Waals surface area contributed by atoms with E-state index >= 15 is 0 Å². The zero-order chi connectivity index (χ0) is 10.0. The first-order valence-corrected chi connectivity index (χ1v) is 3.76. The van der Waals surface area contributed by atoms with E-state index in [1.54, 1.807) is 11.6 Å².